The van der Waals surface area contributed by atoms with Crippen molar-refractivity contribution in [2.75, 3.05) is 0 Å². The highest BCUT2D eigenvalue weighted by Gasteiger charge is 2.32. The van der Waals surface area contributed by atoms with Gasteiger partial charge in [0.1, 0.15) is 5.75 Å². The van der Waals surface area contributed by atoms with Crippen LogP contribution in [0.25, 0.3) is 0 Å². The Kier molecular flexibility index (Phi) is 3.99. The molecule has 0 aromatic heterocycles. The number of alkyl halides is 3. The Balaban J connectivity index is 2.37. The van der Waals surface area contributed by atoms with Crippen molar-refractivity contribution in [1.29, 1.82) is 0 Å². The molecule has 0 saturated carbocycles. The first-order valence-electron chi connectivity index (χ1n) is 5.52. The molecule has 0 radical (unpaired) electrons. The summed E-state index contributed by atoms with van der Waals surface area (Å²) in [4.78, 5) is 12.2. The van der Waals surface area contributed by atoms with Crippen molar-refractivity contribution in [3.63, 3.8) is 0 Å². The number of ether oxygens (including phenoxy) is 1. The number of hydrogen-bond acceptors (Lipinski definition) is 2. The van der Waals surface area contributed by atoms with Crippen LogP contribution in [0, 0.1) is 0 Å². The summed E-state index contributed by atoms with van der Waals surface area (Å²) in [6.45, 7) is 0. The lowest BCUT2D eigenvalue weighted by molar-refractivity contribution is -0.274. The minimum absolute atomic E-state index is 0.160. The third kappa shape index (κ3) is 3.51. The first-order chi connectivity index (χ1) is 9.37. The predicted octanol–water partition coefficient (Wildman–Crippen LogP) is 4.47. The minimum atomic E-state index is -4.85. The molecular formula is C14H8ClF3O2. The number of ketones is 1. The van der Waals surface area contributed by atoms with Crippen LogP contribution in [-0.2, 0) is 0 Å². The van der Waals surface area contributed by atoms with Gasteiger partial charge in [0.05, 0.1) is 5.56 Å². The van der Waals surface area contributed by atoms with Crippen LogP contribution in [-0.4, -0.2) is 12.1 Å². The summed E-state index contributed by atoms with van der Waals surface area (Å²) in [5.74, 6) is -1.10. The maximum absolute atomic E-state index is 12.3. The molecule has 0 unspecified atom stereocenters. The number of para-hydroxylation sites is 1. The van der Waals surface area contributed by atoms with Gasteiger partial charge in [-0.05, 0) is 36.4 Å². The molecule has 0 atom stereocenters. The fourth-order valence-electron chi connectivity index (χ4n) is 1.62. The molecule has 2 aromatic rings. The summed E-state index contributed by atoms with van der Waals surface area (Å²) < 4.78 is 40.7. The van der Waals surface area contributed by atoms with Crippen LogP contribution in [0.15, 0.2) is 48.5 Å². The third-order valence-electron chi connectivity index (χ3n) is 2.46. The monoisotopic (exact) mass is 300 g/mol. The second-order valence-corrected chi connectivity index (χ2v) is 4.32. The van der Waals surface area contributed by atoms with E-state index in [4.69, 9.17) is 11.6 Å². The van der Waals surface area contributed by atoms with E-state index in [9.17, 15) is 18.0 Å². The molecule has 2 aromatic carbocycles. The van der Waals surface area contributed by atoms with E-state index >= 15 is 0 Å². The molecule has 2 nitrogen and oxygen atoms in total. The van der Waals surface area contributed by atoms with Crippen LogP contribution in [0.3, 0.4) is 0 Å². The molecule has 104 valence electrons. The zero-order valence-corrected chi connectivity index (χ0v) is 10.7. The zero-order valence-electron chi connectivity index (χ0n) is 9.95. The van der Waals surface area contributed by atoms with E-state index < -0.39 is 17.9 Å². The molecule has 0 saturated heterocycles. The molecule has 0 aliphatic heterocycles. The summed E-state index contributed by atoms with van der Waals surface area (Å²) in [6, 6.07) is 11.1. The van der Waals surface area contributed by atoms with E-state index in [0.717, 1.165) is 6.07 Å². The van der Waals surface area contributed by atoms with E-state index in [1.54, 1.807) is 0 Å². The van der Waals surface area contributed by atoms with Gasteiger partial charge in [-0.3, -0.25) is 4.79 Å². The maximum atomic E-state index is 12.3. The number of halogens is 4. The molecule has 0 heterocycles. The van der Waals surface area contributed by atoms with E-state index in [-0.39, 0.29) is 11.1 Å². The zero-order chi connectivity index (χ0) is 14.8. The highest BCUT2D eigenvalue weighted by atomic mass is 35.5. The van der Waals surface area contributed by atoms with Gasteiger partial charge < -0.3 is 4.74 Å². The summed E-state index contributed by atoms with van der Waals surface area (Å²) in [7, 11) is 0. The van der Waals surface area contributed by atoms with Crippen LogP contribution in [0.5, 0.6) is 5.75 Å². The Morgan fingerprint density at radius 1 is 1.00 bits per heavy atom. The lowest BCUT2D eigenvalue weighted by Crippen LogP contribution is -2.19. The van der Waals surface area contributed by atoms with E-state index in [0.29, 0.717) is 5.02 Å². The van der Waals surface area contributed by atoms with Crippen molar-refractivity contribution in [3.8, 4) is 5.75 Å². The van der Waals surface area contributed by atoms with Gasteiger partial charge in [0, 0.05) is 10.6 Å². The van der Waals surface area contributed by atoms with Gasteiger partial charge in [0.2, 0.25) is 0 Å². The average Bonchev–Trinajstić information content (AvgIpc) is 2.37. The molecule has 20 heavy (non-hydrogen) atoms. The third-order valence-corrected chi connectivity index (χ3v) is 2.72. The fourth-order valence-corrected chi connectivity index (χ4v) is 1.75. The largest absolute Gasteiger partial charge is 0.573 e. The molecule has 2 rings (SSSR count). The molecule has 0 N–H and O–H groups in total. The highest BCUT2D eigenvalue weighted by molar-refractivity contribution is 6.30. The van der Waals surface area contributed by atoms with Crippen molar-refractivity contribution in [1.82, 2.24) is 0 Å². The molecule has 0 bridgehead atoms. The quantitative estimate of drug-likeness (QED) is 0.782. The number of benzene rings is 2. The van der Waals surface area contributed by atoms with Crippen LogP contribution < -0.4 is 4.74 Å². The van der Waals surface area contributed by atoms with Crippen molar-refractivity contribution in [2.24, 2.45) is 0 Å². The number of rotatable bonds is 3. The number of carbonyl (C=O) groups excluding carboxylic acids is 1. The van der Waals surface area contributed by atoms with Gasteiger partial charge in [-0.15, -0.1) is 13.2 Å². The van der Waals surface area contributed by atoms with Crippen LogP contribution in [0.4, 0.5) is 13.2 Å². The first kappa shape index (κ1) is 14.4. The lowest BCUT2D eigenvalue weighted by Gasteiger charge is -2.12. The average molecular weight is 301 g/mol. The smallest absolute Gasteiger partial charge is 0.405 e. The van der Waals surface area contributed by atoms with Crippen molar-refractivity contribution < 1.29 is 22.7 Å². The Morgan fingerprint density at radius 2 is 1.60 bits per heavy atom. The fraction of sp³-hybridized carbons (Fsp3) is 0.0714. The molecule has 0 aliphatic rings. The van der Waals surface area contributed by atoms with E-state index in [1.165, 1.54) is 42.5 Å². The molecule has 0 aliphatic carbocycles. The molecule has 0 spiro atoms. The first-order valence-corrected chi connectivity index (χ1v) is 5.89. The standard InChI is InChI=1S/C14H8ClF3O2/c15-10-7-5-9(6-8-10)13(19)11-3-1-2-4-12(11)20-14(16,17)18/h1-8H. The van der Waals surface area contributed by atoms with Crippen molar-refractivity contribution >= 4 is 17.4 Å². The maximum Gasteiger partial charge on any atom is 0.573 e. The summed E-state index contributed by atoms with van der Waals surface area (Å²) in [5, 5.41) is 0.432. The van der Waals surface area contributed by atoms with Gasteiger partial charge >= 0.3 is 6.36 Å². The number of hydrogen-bond donors (Lipinski definition) is 0. The Labute approximate surface area is 117 Å². The van der Waals surface area contributed by atoms with Crippen LogP contribution in [0.2, 0.25) is 5.02 Å². The van der Waals surface area contributed by atoms with Gasteiger partial charge in [0.15, 0.2) is 5.78 Å². The topological polar surface area (TPSA) is 26.3 Å². The SMILES string of the molecule is O=C(c1ccc(Cl)cc1)c1ccccc1OC(F)(F)F. The van der Waals surface area contributed by atoms with Gasteiger partial charge in [-0.2, -0.15) is 0 Å². The predicted molar refractivity (Wildman–Crippen MR) is 68.0 cm³/mol. The molecule has 6 heteroatoms. The lowest BCUT2D eigenvalue weighted by atomic mass is 10.0. The number of carbonyl (C=O) groups is 1. The second-order valence-electron chi connectivity index (χ2n) is 3.88. The van der Waals surface area contributed by atoms with Gasteiger partial charge in [0.25, 0.3) is 0 Å². The summed E-state index contributed by atoms with van der Waals surface area (Å²) in [5.41, 5.74) is 0.0692. The Morgan fingerprint density at radius 3 is 2.20 bits per heavy atom. The molecule has 0 amide bonds. The molecular weight excluding hydrogens is 293 g/mol. The van der Waals surface area contributed by atoms with Gasteiger partial charge in [-0.1, -0.05) is 23.7 Å². The van der Waals surface area contributed by atoms with Crippen molar-refractivity contribution in [3.05, 3.63) is 64.7 Å². The summed E-state index contributed by atoms with van der Waals surface area (Å²) in [6.07, 6.45) is -4.85. The van der Waals surface area contributed by atoms with E-state index in [2.05, 4.69) is 4.74 Å². The second kappa shape index (κ2) is 5.54. The van der Waals surface area contributed by atoms with Crippen molar-refractivity contribution in [2.45, 2.75) is 6.36 Å². The van der Waals surface area contributed by atoms with E-state index in [1.807, 2.05) is 0 Å². The van der Waals surface area contributed by atoms with Crippen LogP contribution >= 0.6 is 11.6 Å². The minimum Gasteiger partial charge on any atom is -0.405 e. The Bertz CT molecular complexity index is 621. The summed E-state index contributed by atoms with van der Waals surface area (Å²) >= 11 is 5.70. The normalized spacial score (nSPS) is 11.2. The Hall–Kier alpha value is -2.01. The van der Waals surface area contributed by atoms with Crippen LogP contribution in [0.1, 0.15) is 15.9 Å². The highest BCUT2D eigenvalue weighted by Crippen LogP contribution is 2.28. The van der Waals surface area contributed by atoms with Gasteiger partial charge in [-0.25, -0.2) is 0 Å². The molecule has 0 fully saturated rings.